The van der Waals surface area contributed by atoms with Crippen LogP contribution in [0.15, 0.2) is 33.1 Å². The lowest BCUT2D eigenvalue weighted by atomic mass is 10.3. The summed E-state index contributed by atoms with van der Waals surface area (Å²) in [5.41, 5.74) is 0.892. The van der Waals surface area contributed by atoms with Gasteiger partial charge in [-0.1, -0.05) is 11.2 Å². The summed E-state index contributed by atoms with van der Waals surface area (Å²) in [6.45, 7) is 3.43. The number of likely N-dealkylation sites (N-methyl/N-ethyl adjacent to an activating group) is 1. The van der Waals surface area contributed by atoms with Gasteiger partial charge in [-0.25, -0.2) is 0 Å². The molecule has 0 aromatic carbocycles. The molecule has 2 aromatic heterocycles. The molecule has 0 amide bonds. The van der Waals surface area contributed by atoms with Crippen molar-refractivity contribution in [3.8, 4) is 0 Å². The maximum absolute atomic E-state index is 5.17. The second kappa shape index (κ2) is 9.04. The molecule has 7 heteroatoms. The Balaban J connectivity index is 0.00000220. The summed E-state index contributed by atoms with van der Waals surface area (Å²) in [6, 6.07) is 6.16. The molecule has 0 unspecified atom stereocenters. The van der Waals surface area contributed by atoms with Gasteiger partial charge >= 0.3 is 0 Å². The highest BCUT2D eigenvalue weighted by molar-refractivity contribution is 14.0. The summed E-state index contributed by atoms with van der Waals surface area (Å²) in [6.07, 6.45) is 1.02. The van der Waals surface area contributed by atoms with Crippen LogP contribution in [0.2, 0.25) is 0 Å². The van der Waals surface area contributed by atoms with Crippen molar-refractivity contribution in [3.05, 3.63) is 39.9 Å². The van der Waals surface area contributed by atoms with Crippen LogP contribution in [-0.4, -0.2) is 36.7 Å². The summed E-state index contributed by atoms with van der Waals surface area (Å²) in [7, 11) is 3.82. The number of guanidine groups is 1. The maximum atomic E-state index is 5.17. The van der Waals surface area contributed by atoms with Gasteiger partial charge in [0, 0.05) is 31.6 Å². The van der Waals surface area contributed by atoms with Crippen LogP contribution in [0.25, 0.3) is 0 Å². The Kier molecular flexibility index (Phi) is 7.73. The van der Waals surface area contributed by atoms with Crippen LogP contribution in [0.1, 0.15) is 16.3 Å². The van der Waals surface area contributed by atoms with E-state index in [0.29, 0.717) is 6.54 Å². The minimum absolute atomic E-state index is 0. The fourth-order valence-corrected chi connectivity index (χ4v) is 2.59. The fraction of sp³-hybridized carbons (Fsp3) is 0.429. The van der Waals surface area contributed by atoms with E-state index in [0.717, 1.165) is 30.4 Å². The first-order chi connectivity index (χ1) is 9.69. The third-order valence-electron chi connectivity index (χ3n) is 2.94. The zero-order valence-electron chi connectivity index (χ0n) is 12.5. The van der Waals surface area contributed by atoms with Crippen molar-refractivity contribution in [2.24, 2.45) is 4.99 Å². The molecule has 21 heavy (non-hydrogen) atoms. The standard InChI is InChI=1S/C14H20N4OS.HI/c1-11-9-12(19-17-11)10-16-14(15-2)18(3)7-6-13-5-4-8-20-13;/h4-5,8-9H,6-7,10H2,1-3H3,(H,15,16);1H. The topological polar surface area (TPSA) is 53.7 Å². The number of aromatic nitrogens is 1. The smallest absolute Gasteiger partial charge is 0.193 e. The lowest BCUT2D eigenvalue weighted by molar-refractivity contribution is 0.373. The second-order valence-electron chi connectivity index (χ2n) is 4.59. The van der Waals surface area contributed by atoms with E-state index in [2.05, 4.69) is 37.9 Å². The van der Waals surface area contributed by atoms with Crippen LogP contribution < -0.4 is 5.32 Å². The fourth-order valence-electron chi connectivity index (χ4n) is 1.89. The van der Waals surface area contributed by atoms with E-state index >= 15 is 0 Å². The Hall–Kier alpha value is -1.09. The van der Waals surface area contributed by atoms with Gasteiger partial charge in [0.25, 0.3) is 0 Å². The van der Waals surface area contributed by atoms with E-state index in [-0.39, 0.29) is 24.0 Å². The summed E-state index contributed by atoms with van der Waals surface area (Å²) in [4.78, 5) is 7.78. The Morgan fingerprint density at radius 2 is 2.33 bits per heavy atom. The molecule has 0 atom stereocenters. The van der Waals surface area contributed by atoms with Crippen molar-refractivity contribution >= 4 is 41.3 Å². The lowest BCUT2D eigenvalue weighted by Crippen LogP contribution is -2.39. The molecule has 0 aliphatic rings. The molecule has 0 aliphatic heterocycles. The third kappa shape index (κ3) is 5.66. The lowest BCUT2D eigenvalue weighted by Gasteiger charge is -2.21. The largest absolute Gasteiger partial charge is 0.359 e. The highest BCUT2D eigenvalue weighted by atomic mass is 127. The molecule has 0 spiro atoms. The SMILES string of the molecule is CN=C(NCc1cc(C)no1)N(C)CCc1cccs1.I. The Labute approximate surface area is 146 Å². The van der Waals surface area contributed by atoms with Gasteiger partial charge in [0.15, 0.2) is 11.7 Å². The molecule has 2 heterocycles. The molecular formula is C14H21IN4OS. The highest BCUT2D eigenvalue weighted by Crippen LogP contribution is 2.09. The number of hydrogen-bond donors (Lipinski definition) is 1. The van der Waals surface area contributed by atoms with Crippen LogP contribution in [-0.2, 0) is 13.0 Å². The Morgan fingerprint density at radius 1 is 1.52 bits per heavy atom. The summed E-state index contributed by atoms with van der Waals surface area (Å²) in [5.74, 6) is 1.67. The van der Waals surface area contributed by atoms with Crippen LogP contribution in [0.3, 0.4) is 0 Å². The quantitative estimate of drug-likeness (QED) is 0.459. The normalized spacial score (nSPS) is 11.1. The van der Waals surface area contributed by atoms with Gasteiger partial charge in [-0.15, -0.1) is 35.3 Å². The third-order valence-corrected chi connectivity index (χ3v) is 3.88. The van der Waals surface area contributed by atoms with Crippen molar-refractivity contribution in [1.82, 2.24) is 15.4 Å². The molecule has 0 fully saturated rings. The number of rotatable bonds is 5. The van der Waals surface area contributed by atoms with Gasteiger partial charge in [0.2, 0.25) is 0 Å². The van der Waals surface area contributed by atoms with Gasteiger partial charge in [0.05, 0.1) is 12.2 Å². The highest BCUT2D eigenvalue weighted by Gasteiger charge is 2.08. The average Bonchev–Trinajstić information content (AvgIpc) is 3.08. The van der Waals surface area contributed by atoms with Gasteiger partial charge < -0.3 is 14.7 Å². The van der Waals surface area contributed by atoms with E-state index in [1.165, 1.54) is 4.88 Å². The summed E-state index contributed by atoms with van der Waals surface area (Å²) >= 11 is 1.79. The number of hydrogen-bond acceptors (Lipinski definition) is 4. The van der Waals surface area contributed by atoms with Gasteiger partial charge in [-0.3, -0.25) is 4.99 Å². The van der Waals surface area contributed by atoms with Crippen molar-refractivity contribution in [1.29, 1.82) is 0 Å². The van der Waals surface area contributed by atoms with E-state index < -0.39 is 0 Å². The average molecular weight is 420 g/mol. The van der Waals surface area contributed by atoms with E-state index in [1.54, 1.807) is 18.4 Å². The minimum atomic E-state index is 0. The number of nitrogens with one attached hydrogen (secondary N) is 1. The molecule has 0 saturated heterocycles. The molecule has 5 nitrogen and oxygen atoms in total. The van der Waals surface area contributed by atoms with Gasteiger partial charge in [-0.05, 0) is 24.8 Å². The summed E-state index contributed by atoms with van der Waals surface area (Å²) in [5, 5.41) is 9.25. The molecule has 1 N–H and O–H groups in total. The number of thiophene rings is 1. The molecule has 2 rings (SSSR count). The van der Waals surface area contributed by atoms with Crippen LogP contribution in [0.5, 0.6) is 0 Å². The van der Waals surface area contributed by atoms with Gasteiger partial charge in [0.1, 0.15) is 0 Å². The van der Waals surface area contributed by atoms with Crippen molar-refractivity contribution in [2.75, 3.05) is 20.6 Å². The molecule has 0 radical (unpaired) electrons. The van der Waals surface area contributed by atoms with Gasteiger partial charge in [-0.2, -0.15) is 0 Å². The number of aryl methyl sites for hydroxylation is 1. The van der Waals surface area contributed by atoms with Crippen LogP contribution >= 0.6 is 35.3 Å². The Bertz CT molecular complexity index is 553. The molecule has 2 aromatic rings. The van der Waals surface area contributed by atoms with E-state index in [1.807, 2.05) is 20.0 Å². The van der Waals surface area contributed by atoms with Crippen LogP contribution in [0, 0.1) is 6.92 Å². The molecular weight excluding hydrogens is 399 g/mol. The monoisotopic (exact) mass is 420 g/mol. The second-order valence-corrected chi connectivity index (χ2v) is 5.62. The minimum Gasteiger partial charge on any atom is -0.359 e. The zero-order valence-corrected chi connectivity index (χ0v) is 15.6. The maximum Gasteiger partial charge on any atom is 0.193 e. The number of aliphatic imine (C=N–C) groups is 1. The molecule has 0 bridgehead atoms. The number of nitrogens with zero attached hydrogens (tertiary/aromatic N) is 3. The predicted octanol–water partition coefficient (Wildman–Crippen LogP) is 2.91. The molecule has 0 saturated carbocycles. The predicted molar refractivity (Wildman–Crippen MR) is 97.5 cm³/mol. The van der Waals surface area contributed by atoms with E-state index in [9.17, 15) is 0 Å². The Morgan fingerprint density at radius 3 is 2.90 bits per heavy atom. The first kappa shape index (κ1) is 18.0. The number of halogens is 1. The van der Waals surface area contributed by atoms with Crippen LogP contribution in [0.4, 0.5) is 0 Å². The first-order valence-electron chi connectivity index (χ1n) is 6.55. The van der Waals surface area contributed by atoms with E-state index in [4.69, 9.17) is 4.52 Å². The van der Waals surface area contributed by atoms with Crippen molar-refractivity contribution in [2.45, 2.75) is 19.9 Å². The van der Waals surface area contributed by atoms with Crippen molar-refractivity contribution < 1.29 is 4.52 Å². The summed E-state index contributed by atoms with van der Waals surface area (Å²) < 4.78 is 5.17. The molecule has 0 aliphatic carbocycles. The van der Waals surface area contributed by atoms with Crippen molar-refractivity contribution in [3.63, 3.8) is 0 Å². The first-order valence-corrected chi connectivity index (χ1v) is 7.43. The molecule has 116 valence electrons. The zero-order chi connectivity index (χ0) is 14.4.